The van der Waals surface area contributed by atoms with Gasteiger partial charge in [0, 0.05) is 24.5 Å². The van der Waals surface area contributed by atoms with Crippen molar-refractivity contribution >= 4 is 5.91 Å². The fraction of sp³-hybridized carbons (Fsp3) is 0.227. The molecule has 0 aliphatic rings. The van der Waals surface area contributed by atoms with E-state index in [0.29, 0.717) is 5.69 Å². The van der Waals surface area contributed by atoms with Crippen LogP contribution in [0.1, 0.15) is 40.5 Å². The van der Waals surface area contributed by atoms with Gasteiger partial charge in [-0.3, -0.25) is 14.8 Å². The zero-order chi connectivity index (χ0) is 23.4. The zero-order valence-electron chi connectivity index (χ0n) is 16.4. The summed E-state index contributed by atoms with van der Waals surface area (Å²) in [6.07, 6.45) is -6.55. The van der Waals surface area contributed by atoms with E-state index >= 15 is 0 Å². The Morgan fingerprint density at radius 3 is 2.12 bits per heavy atom. The van der Waals surface area contributed by atoms with Crippen LogP contribution >= 0.6 is 0 Å². The lowest BCUT2D eigenvalue weighted by Crippen LogP contribution is -2.32. The lowest BCUT2D eigenvalue weighted by Gasteiger charge is -2.23. The number of aryl methyl sites for hydroxylation is 1. The summed E-state index contributed by atoms with van der Waals surface area (Å²) in [5.41, 5.74) is -1.91. The van der Waals surface area contributed by atoms with E-state index in [0.717, 1.165) is 42.6 Å². The largest absolute Gasteiger partial charge is 0.418 e. The van der Waals surface area contributed by atoms with Crippen molar-refractivity contribution in [1.82, 2.24) is 15.3 Å². The molecule has 10 heteroatoms. The SMILES string of the molecule is O=C(CCc1ccccn1)NC(c1ccc(C(F)(F)F)cc1)c1ncccc1C(F)(F)F. The summed E-state index contributed by atoms with van der Waals surface area (Å²) in [7, 11) is 0. The number of nitrogens with one attached hydrogen (secondary N) is 1. The first kappa shape index (κ1) is 23.2. The molecular weight excluding hydrogens is 436 g/mol. The third kappa shape index (κ3) is 5.83. The molecule has 3 aromatic rings. The fourth-order valence-electron chi connectivity index (χ4n) is 3.08. The number of pyridine rings is 2. The average Bonchev–Trinajstić information content (AvgIpc) is 2.76. The van der Waals surface area contributed by atoms with Crippen molar-refractivity contribution in [2.24, 2.45) is 0 Å². The number of nitrogens with zero attached hydrogens (tertiary/aromatic N) is 2. The maximum Gasteiger partial charge on any atom is 0.418 e. The van der Waals surface area contributed by atoms with Gasteiger partial charge in [-0.25, -0.2) is 0 Å². The normalized spacial score (nSPS) is 12.9. The predicted molar refractivity (Wildman–Crippen MR) is 103 cm³/mol. The molecule has 0 saturated carbocycles. The number of halogens is 6. The molecule has 0 aliphatic carbocycles. The van der Waals surface area contributed by atoms with Gasteiger partial charge in [-0.05, 0) is 48.4 Å². The lowest BCUT2D eigenvalue weighted by atomic mass is 9.97. The molecule has 0 spiro atoms. The van der Waals surface area contributed by atoms with Gasteiger partial charge < -0.3 is 5.32 Å². The highest BCUT2D eigenvalue weighted by atomic mass is 19.4. The predicted octanol–water partition coefficient (Wildman–Crippen LogP) is 5.35. The third-order valence-corrected chi connectivity index (χ3v) is 4.63. The Morgan fingerprint density at radius 2 is 1.53 bits per heavy atom. The molecule has 1 unspecified atom stereocenters. The number of carbonyl (C=O) groups is 1. The van der Waals surface area contributed by atoms with Gasteiger partial charge in [-0.2, -0.15) is 26.3 Å². The second kappa shape index (κ2) is 9.37. The average molecular weight is 453 g/mol. The number of benzene rings is 1. The summed E-state index contributed by atoms with van der Waals surface area (Å²) < 4.78 is 79.3. The van der Waals surface area contributed by atoms with Crippen molar-refractivity contribution in [3.05, 3.63) is 95.1 Å². The quantitative estimate of drug-likeness (QED) is 0.512. The fourth-order valence-corrected chi connectivity index (χ4v) is 3.08. The van der Waals surface area contributed by atoms with Gasteiger partial charge in [0.25, 0.3) is 0 Å². The van der Waals surface area contributed by atoms with Gasteiger partial charge in [-0.15, -0.1) is 0 Å². The molecule has 1 atom stereocenters. The monoisotopic (exact) mass is 453 g/mol. The molecule has 168 valence electrons. The van der Waals surface area contributed by atoms with E-state index in [1.54, 1.807) is 24.4 Å². The maximum atomic E-state index is 13.5. The van der Waals surface area contributed by atoms with E-state index in [-0.39, 0.29) is 18.4 Å². The lowest BCUT2D eigenvalue weighted by molar-refractivity contribution is -0.139. The van der Waals surface area contributed by atoms with E-state index < -0.39 is 41.1 Å². The van der Waals surface area contributed by atoms with E-state index in [1.165, 1.54) is 0 Å². The number of amides is 1. The van der Waals surface area contributed by atoms with Gasteiger partial charge in [0.05, 0.1) is 22.9 Å². The van der Waals surface area contributed by atoms with Crippen LogP contribution in [0.3, 0.4) is 0 Å². The highest BCUT2D eigenvalue weighted by molar-refractivity contribution is 5.77. The van der Waals surface area contributed by atoms with Gasteiger partial charge in [0.1, 0.15) is 0 Å². The molecule has 0 fully saturated rings. The van der Waals surface area contributed by atoms with E-state index in [4.69, 9.17) is 0 Å². The smallest absolute Gasteiger partial charge is 0.344 e. The Balaban J connectivity index is 1.92. The summed E-state index contributed by atoms with van der Waals surface area (Å²) >= 11 is 0. The molecule has 1 aromatic carbocycles. The number of carbonyl (C=O) groups excluding carboxylic acids is 1. The second-order valence-corrected chi connectivity index (χ2v) is 6.88. The van der Waals surface area contributed by atoms with Crippen LogP contribution in [0.2, 0.25) is 0 Å². The van der Waals surface area contributed by atoms with Crippen LogP contribution in [0.5, 0.6) is 0 Å². The molecule has 0 aliphatic heterocycles. The summed E-state index contributed by atoms with van der Waals surface area (Å²) in [6.45, 7) is 0. The minimum Gasteiger partial charge on any atom is -0.344 e. The molecule has 1 N–H and O–H groups in total. The topological polar surface area (TPSA) is 54.9 Å². The van der Waals surface area contributed by atoms with Gasteiger partial charge in [0.15, 0.2) is 0 Å². The van der Waals surface area contributed by atoms with Gasteiger partial charge in [-0.1, -0.05) is 18.2 Å². The number of rotatable bonds is 6. The Labute approximate surface area is 179 Å². The standard InChI is InChI=1S/C22H17F6N3O/c23-21(24,25)15-8-6-14(7-9-15)19(20-17(22(26,27)28)5-3-13-30-20)31-18(32)11-10-16-4-1-2-12-29-16/h1-9,12-13,19H,10-11H2,(H,31,32). The first-order valence-electron chi connectivity index (χ1n) is 9.44. The third-order valence-electron chi connectivity index (χ3n) is 4.63. The summed E-state index contributed by atoms with van der Waals surface area (Å²) in [4.78, 5) is 20.4. The van der Waals surface area contributed by atoms with Crippen LogP contribution in [-0.2, 0) is 23.6 Å². The van der Waals surface area contributed by atoms with Crippen molar-refractivity contribution in [3.8, 4) is 0 Å². The molecular formula is C22H17F6N3O. The highest BCUT2D eigenvalue weighted by Crippen LogP contribution is 2.36. The van der Waals surface area contributed by atoms with Crippen molar-refractivity contribution in [1.29, 1.82) is 0 Å². The number of alkyl halides is 6. The van der Waals surface area contributed by atoms with Crippen LogP contribution < -0.4 is 5.32 Å². The van der Waals surface area contributed by atoms with Crippen LogP contribution in [0.25, 0.3) is 0 Å². The van der Waals surface area contributed by atoms with Gasteiger partial charge >= 0.3 is 12.4 Å². The minimum atomic E-state index is -4.77. The maximum absolute atomic E-state index is 13.5. The van der Waals surface area contributed by atoms with Crippen molar-refractivity contribution < 1.29 is 31.1 Å². The number of aromatic nitrogens is 2. The second-order valence-electron chi connectivity index (χ2n) is 6.88. The molecule has 2 heterocycles. The molecule has 4 nitrogen and oxygen atoms in total. The Morgan fingerprint density at radius 1 is 0.844 bits per heavy atom. The molecule has 32 heavy (non-hydrogen) atoms. The van der Waals surface area contributed by atoms with Crippen LogP contribution in [0.4, 0.5) is 26.3 Å². The van der Waals surface area contributed by atoms with Crippen molar-refractivity contribution in [2.75, 3.05) is 0 Å². The summed E-state index contributed by atoms with van der Waals surface area (Å²) in [5, 5.41) is 2.48. The highest BCUT2D eigenvalue weighted by Gasteiger charge is 2.37. The molecule has 1 amide bonds. The van der Waals surface area contributed by atoms with E-state index in [2.05, 4.69) is 15.3 Å². The van der Waals surface area contributed by atoms with Crippen molar-refractivity contribution in [3.63, 3.8) is 0 Å². The van der Waals surface area contributed by atoms with Crippen molar-refractivity contribution in [2.45, 2.75) is 31.2 Å². The first-order valence-corrected chi connectivity index (χ1v) is 9.44. The Bertz CT molecular complexity index is 1050. The first-order chi connectivity index (χ1) is 15.1. The van der Waals surface area contributed by atoms with Gasteiger partial charge in [0.2, 0.25) is 5.91 Å². The molecule has 3 rings (SSSR count). The van der Waals surface area contributed by atoms with E-state index in [1.807, 2.05) is 0 Å². The molecule has 0 saturated heterocycles. The van der Waals surface area contributed by atoms with Crippen LogP contribution in [-0.4, -0.2) is 15.9 Å². The number of hydrogen-bond acceptors (Lipinski definition) is 3. The molecule has 0 bridgehead atoms. The van der Waals surface area contributed by atoms with E-state index in [9.17, 15) is 31.1 Å². The van der Waals surface area contributed by atoms with Crippen LogP contribution in [0, 0.1) is 0 Å². The summed E-state index contributed by atoms with van der Waals surface area (Å²) in [6, 6.07) is 9.18. The molecule has 0 radical (unpaired) electrons. The Hall–Kier alpha value is -3.43. The number of hydrogen-bond donors (Lipinski definition) is 1. The molecule has 2 aromatic heterocycles. The zero-order valence-corrected chi connectivity index (χ0v) is 16.4. The minimum absolute atomic E-state index is 0.0355. The Kier molecular flexibility index (Phi) is 6.81. The van der Waals surface area contributed by atoms with Crippen LogP contribution in [0.15, 0.2) is 67.0 Å². The summed E-state index contributed by atoms with van der Waals surface area (Å²) in [5.74, 6) is -0.598.